The van der Waals surface area contributed by atoms with Crippen LogP contribution >= 0.6 is 0 Å². The standard InChI is InChI=1S/C23H26N2O3/c26-22(27)18-10-12-19(13-11-18)24-23(28)25-15-14-16-6-4-5-9-20(16)21(25)17-7-2-1-3-8-17/h1-9,18-19,21H,10-15H2,(H,24,28)(H,26,27)/t18?,19?,21-/m1/s1. The molecule has 146 valence electrons. The van der Waals surface area contributed by atoms with E-state index in [0.717, 1.165) is 24.8 Å². The van der Waals surface area contributed by atoms with Crippen molar-refractivity contribution < 1.29 is 14.7 Å². The Bertz CT molecular complexity index is 844. The molecule has 0 bridgehead atoms. The van der Waals surface area contributed by atoms with Gasteiger partial charge in [0, 0.05) is 12.6 Å². The van der Waals surface area contributed by atoms with Crippen LogP contribution in [0.15, 0.2) is 54.6 Å². The molecule has 1 heterocycles. The summed E-state index contributed by atoms with van der Waals surface area (Å²) in [6.07, 6.45) is 3.56. The Hall–Kier alpha value is -2.82. The molecule has 1 aliphatic heterocycles. The van der Waals surface area contributed by atoms with E-state index in [1.165, 1.54) is 11.1 Å². The van der Waals surface area contributed by atoms with E-state index in [4.69, 9.17) is 5.11 Å². The fraction of sp³-hybridized carbons (Fsp3) is 0.391. The van der Waals surface area contributed by atoms with E-state index < -0.39 is 5.97 Å². The summed E-state index contributed by atoms with van der Waals surface area (Å²) in [5, 5.41) is 12.3. The maximum absolute atomic E-state index is 13.2. The number of fused-ring (bicyclic) bond motifs is 1. The second kappa shape index (κ2) is 8.05. The van der Waals surface area contributed by atoms with Gasteiger partial charge in [-0.15, -0.1) is 0 Å². The molecule has 2 amide bonds. The summed E-state index contributed by atoms with van der Waals surface area (Å²) < 4.78 is 0. The predicted octanol–water partition coefficient (Wildman–Crippen LogP) is 3.99. The summed E-state index contributed by atoms with van der Waals surface area (Å²) in [5.41, 5.74) is 3.59. The molecule has 5 nitrogen and oxygen atoms in total. The number of carbonyl (C=O) groups excluding carboxylic acids is 1. The zero-order valence-electron chi connectivity index (χ0n) is 15.9. The van der Waals surface area contributed by atoms with Crippen LogP contribution in [0, 0.1) is 5.92 Å². The lowest BCUT2D eigenvalue weighted by Crippen LogP contribution is -2.50. The minimum absolute atomic E-state index is 0.0525. The predicted molar refractivity (Wildman–Crippen MR) is 107 cm³/mol. The highest BCUT2D eigenvalue weighted by atomic mass is 16.4. The van der Waals surface area contributed by atoms with Crippen molar-refractivity contribution >= 4 is 12.0 Å². The highest BCUT2D eigenvalue weighted by Crippen LogP contribution is 2.35. The van der Waals surface area contributed by atoms with Crippen molar-refractivity contribution in [1.82, 2.24) is 10.2 Å². The normalized spacial score (nSPS) is 24.3. The minimum atomic E-state index is -0.721. The van der Waals surface area contributed by atoms with Crippen LogP contribution < -0.4 is 5.32 Å². The molecule has 5 heteroatoms. The van der Waals surface area contributed by atoms with E-state index in [9.17, 15) is 9.59 Å². The van der Waals surface area contributed by atoms with E-state index in [1.54, 1.807) is 0 Å². The van der Waals surface area contributed by atoms with Gasteiger partial charge in [-0.2, -0.15) is 0 Å². The van der Waals surface area contributed by atoms with Crippen molar-refractivity contribution in [3.05, 3.63) is 71.3 Å². The third-order valence-electron chi connectivity index (χ3n) is 6.06. The van der Waals surface area contributed by atoms with E-state index in [-0.39, 0.29) is 24.0 Å². The first-order valence-corrected chi connectivity index (χ1v) is 10.1. The van der Waals surface area contributed by atoms with Crippen LogP contribution in [-0.2, 0) is 11.2 Å². The monoisotopic (exact) mass is 378 g/mol. The number of amides is 2. The average molecular weight is 378 g/mol. The molecular formula is C23H26N2O3. The fourth-order valence-corrected chi connectivity index (χ4v) is 4.52. The van der Waals surface area contributed by atoms with Crippen molar-refractivity contribution in [2.75, 3.05) is 6.54 Å². The number of carboxylic acids is 1. The number of carbonyl (C=O) groups is 2. The zero-order chi connectivity index (χ0) is 19.5. The van der Waals surface area contributed by atoms with Crippen molar-refractivity contribution in [2.24, 2.45) is 5.92 Å². The molecule has 1 fully saturated rings. The van der Waals surface area contributed by atoms with Crippen molar-refractivity contribution in [3.63, 3.8) is 0 Å². The van der Waals surface area contributed by atoms with Crippen LogP contribution in [0.4, 0.5) is 4.79 Å². The first kappa shape index (κ1) is 18.5. The number of rotatable bonds is 3. The number of hydrogen-bond acceptors (Lipinski definition) is 2. The van der Waals surface area contributed by atoms with E-state index in [1.807, 2.05) is 29.2 Å². The van der Waals surface area contributed by atoms with Crippen molar-refractivity contribution in [1.29, 1.82) is 0 Å². The van der Waals surface area contributed by atoms with Gasteiger partial charge in [0.2, 0.25) is 0 Å². The molecule has 2 aliphatic rings. The van der Waals surface area contributed by atoms with Gasteiger partial charge < -0.3 is 15.3 Å². The minimum Gasteiger partial charge on any atom is -0.481 e. The maximum Gasteiger partial charge on any atom is 0.318 e. The topological polar surface area (TPSA) is 69.6 Å². The molecule has 0 unspecified atom stereocenters. The summed E-state index contributed by atoms with van der Waals surface area (Å²) in [7, 11) is 0. The molecule has 0 saturated heterocycles. The van der Waals surface area contributed by atoms with Gasteiger partial charge in [0.1, 0.15) is 0 Å². The molecule has 4 rings (SSSR count). The Morgan fingerprint density at radius 1 is 0.929 bits per heavy atom. The number of nitrogens with zero attached hydrogens (tertiary/aromatic N) is 1. The summed E-state index contributed by atoms with van der Waals surface area (Å²) >= 11 is 0. The van der Waals surface area contributed by atoms with Crippen LogP contribution in [0.2, 0.25) is 0 Å². The molecule has 28 heavy (non-hydrogen) atoms. The molecular weight excluding hydrogens is 352 g/mol. The average Bonchev–Trinajstić information content (AvgIpc) is 2.74. The molecule has 0 spiro atoms. The third-order valence-corrected chi connectivity index (χ3v) is 6.06. The van der Waals surface area contributed by atoms with E-state index >= 15 is 0 Å². The Balaban J connectivity index is 1.53. The van der Waals surface area contributed by atoms with E-state index in [0.29, 0.717) is 19.4 Å². The Morgan fingerprint density at radius 2 is 1.61 bits per heavy atom. The molecule has 1 atom stereocenters. The summed E-state index contributed by atoms with van der Waals surface area (Å²) in [5.74, 6) is -0.992. The largest absolute Gasteiger partial charge is 0.481 e. The highest BCUT2D eigenvalue weighted by molar-refractivity contribution is 5.76. The fourth-order valence-electron chi connectivity index (χ4n) is 4.52. The second-order valence-electron chi connectivity index (χ2n) is 7.79. The van der Waals surface area contributed by atoms with Gasteiger partial charge in [-0.05, 0) is 48.8 Å². The van der Waals surface area contributed by atoms with Crippen molar-refractivity contribution in [3.8, 4) is 0 Å². The number of urea groups is 1. The van der Waals surface area contributed by atoms with Crippen LogP contribution in [0.5, 0.6) is 0 Å². The first-order chi connectivity index (χ1) is 13.6. The van der Waals surface area contributed by atoms with Crippen molar-refractivity contribution in [2.45, 2.75) is 44.2 Å². The third kappa shape index (κ3) is 3.75. The lowest BCUT2D eigenvalue weighted by atomic mass is 9.86. The lowest BCUT2D eigenvalue weighted by Gasteiger charge is -2.39. The second-order valence-corrected chi connectivity index (χ2v) is 7.79. The summed E-state index contributed by atoms with van der Waals surface area (Å²) in [6, 6.07) is 18.4. The molecule has 1 saturated carbocycles. The summed E-state index contributed by atoms with van der Waals surface area (Å²) in [6.45, 7) is 0.673. The van der Waals surface area contributed by atoms with Crippen LogP contribution in [0.1, 0.15) is 48.4 Å². The highest BCUT2D eigenvalue weighted by Gasteiger charge is 2.34. The quantitative estimate of drug-likeness (QED) is 0.849. The lowest BCUT2D eigenvalue weighted by molar-refractivity contribution is -0.142. The number of aliphatic carboxylic acids is 1. The molecule has 2 aromatic carbocycles. The number of nitrogens with one attached hydrogen (secondary N) is 1. The smallest absolute Gasteiger partial charge is 0.318 e. The Labute approximate surface area is 165 Å². The molecule has 2 aromatic rings. The van der Waals surface area contributed by atoms with Gasteiger partial charge in [0.05, 0.1) is 12.0 Å². The van der Waals surface area contributed by atoms with Crippen LogP contribution in [0.25, 0.3) is 0 Å². The Morgan fingerprint density at radius 3 is 2.32 bits per heavy atom. The van der Waals surface area contributed by atoms with Gasteiger partial charge in [-0.25, -0.2) is 4.79 Å². The maximum atomic E-state index is 13.2. The molecule has 0 aromatic heterocycles. The number of hydrogen-bond donors (Lipinski definition) is 2. The molecule has 0 radical (unpaired) electrons. The van der Waals surface area contributed by atoms with Gasteiger partial charge in [0.15, 0.2) is 0 Å². The van der Waals surface area contributed by atoms with Crippen LogP contribution in [0.3, 0.4) is 0 Å². The number of benzene rings is 2. The van der Waals surface area contributed by atoms with Gasteiger partial charge >= 0.3 is 12.0 Å². The first-order valence-electron chi connectivity index (χ1n) is 10.1. The molecule has 2 N–H and O–H groups in total. The van der Waals surface area contributed by atoms with Gasteiger partial charge in [-0.3, -0.25) is 4.79 Å². The SMILES string of the molecule is O=C(O)C1CCC(NC(=O)N2CCc3ccccc3[C@H]2c2ccccc2)CC1. The molecule has 1 aliphatic carbocycles. The van der Waals surface area contributed by atoms with Gasteiger partial charge in [0.25, 0.3) is 0 Å². The Kier molecular flexibility index (Phi) is 5.33. The van der Waals surface area contributed by atoms with E-state index in [2.05, 4.69) is 35.6 Å². The summed E-state index contributed by atoms with van der Waals surface area (Å²) in [4.78, 5) is 26.3. The van der Waals surface area contributed by atoms with Crippen LogP contribution in [-0.4, -0.2) is 34.6 Å². The zero-order valence-corrected chi connectivity index (χ0v) is 15.9. The number of carboxylic acid groups (broad SMARTS) is 1. The van der Waals surface area contributed by atoms with Gasteiger partial charge in [-0.1, -0.05) is 54.6 Å².